The fourth-order valence-electron chi connectivity index (χ4n) is 2.00. The van der Waals surface area contributed by atoms with Crippen molar-refractivity contribution >= 4 is 23.2 Å². The third-order valence-corrected chi connectivity index (χ3v) is 3.19. The Morgan fingerprint density at radius 2 is 1.86 bits per heavy atom. The minimum Gasteiger partial charge on any atom is -0.395 e. The Morgan fingerprint density at radius 3 is 2.38 bits per heavy atom. The number of hydrogen-bond acceptors (Lipinski definition) is 4. The molecule has 1 aromatic rings. The zero-order valence-corrected chi connectivity index (χ0v) is 12.8. The number of carbonyl (C=O) groups is 2. The van der Waals surface area contributed by atoms with Gasteiger partial charge in [-0.2, -0.15) is 0 Å². The van der Waals surface area contributed by atoms with Gasteiger partial charge in [0.15, 0.2) is 0 Å². The van der Waals surface area contributed by atoms with E-state index in [9.17, 15) is 9.59 Å². The molecule has 0 radical (unpaired) electrons. The third-order valence-electron chi connectivity index (χ3n) is 3.19. The number of anilines is 2. The highest BCUT2D eigenvalue weighted by molar-refractivity contribution is 6.39. The van der Waals surface area contributed by atoms with Crippen LogP contribution in [0, 0.1) is 6.92 Å². The van der Waals surface area contributed by atoms with Crippen LogP contribution in [0.25, 0.3) is 0 Å². The Kier molecular flexibility index (Phi) is 6.68. The maximum absolute atomic E-state index is 11.7. The van der Waals surface area contributed by atoms with Crippen molar-refractivity contribution in [2.45, 2.75) is 20.8 Å². The number of rotatable bonds is 6. The van der Waals surface area contributed by atoms with Crippen molar-refractivity contribution in [1.29, 1.82) is 0 Å². The van der Waals surface area contributed by atoms with Gasteiger partial charge in [-0.3, -0.25) is 9.59 Å². The van der Waals surface area contributed by atoms with Crippen LogP contribution in [0.1, 0.15) is 19.4 Å². The molecule has 2 amide bonds. The molecule has 0 bridgehead atoms. The van der Waals surface area contributed by atoms with Gasteiger partial charge in [0, 0.05) is 31.0 Å². The smallest absolute Gasteiger partial charge is 0.313 e. The molecule has 3 N–H and O–H groups in total. The maximum atomic E-state index is 11.7. The third kappa shape index (κ3) is 4.75. The predicted molar refractivity (Wildman–Crippen MR) is 83.5 cm³/mol. The summed E-state index contributed by atoms with van der Waals surface area (Å²) >= 11 is 0. The molecule has 0 saturated carbocycles. The van der Waals surface area contributed by atoms with Crippen LogP contribution in [0.3, 0.4) is 0 Å². The van der Waals surface area contributed by atoms with Gasteiger partial charge in [0.1, 0.15) is 0 Å². The highest BCUT2D eigenvalue weighted by Crippen LogP contribution is 2.22. The lowest BCUT2D eigenvalue weighted by Gasteiger charge is -2.22. The highest BCUT2D eigenvalue weighted by Gasteiger charge is 2.14. The van der Waals surface area contributed by atoms with E-state index in [0.717, 1.165) is 24.3 Å². The van der Waals surface area contributed by atoms with Crippen LogP contribution < -0.4 is 15.5 Å². The minimum absolute atomic E-state index is 0.0616. The molecule has 6 heteroatoms. The molecule has 116 valence electrons. The van der Waals surface area contributed by atoms with E-state index in [1.54, 1.807) is 6.07 Å². The van der Waals surface area contributed by atoms with E-state index >= 15 is 0 Å². The average molecular weight is 293 g/mol. The summed E-state index contributed by atoms with van der Waals surface area (Å²) in [6.45, 7) is 7.73. The summed E-state index contributed by atoms with van der Waals surface area (Å²) in [6, 6.07) is 5.69. The molecule has 0 aliphatic rings. The number of benzene rings is 1. The minimum atomic E-state index is -0.753. The van der Waals surface area contributed by atoms with Gasteiger partial charge >= 0.3 is 11.8 Å². The number of nitrogens with one attached hydrogen (secondary N) is 2. The van der Waals surface area contributed by atoms with Crippen LogP contribution >= 0.6 is 0 Å². The van der Waals surface area contributed by atoms with Crippen LogP contribution in [0.5, 0.6) is 0 Å². The lowest BCUT2D eigenvalue weighted by molar-refractivity contribution is -0.136. The summed E-state index contributed by atoms with van der Waals surface area (Å²) < 4.78 is 0. The van der Waals surface area contributed by atoms with E-state index in [-0.39, 0.29) is 13.2 Å². The van der Waals surface area contributed by atoms with Crippen LogP contribution in [-0.2, 0) is 9.59 Å². The predicted octanol–water partition coefficient (Wildman–Crippen LogP) is 0.888. The molecule has 0 aliphatic heterocycles. The zero-order chi connectivity index (χ0) is 15.8. The molecule has 0 heterocycles. The summed E-state index contributed by atoms with van der Waals surface area (Å²) in [5.41, 5.74) is 2.58. The van der Waals surface area contributed by atoms with E-state index in [1.807, 2.05) is 19.1 Å². The maximum Gasteiger partial charge on any atom is 0.313 e. The van der Waals surface area contributed by atoms with Crippen molar-refractivity contribution in [2.75, 3.05) is 36.5 Å². The van der Waals surface area contributed by atoms with Gasteiger partial charge in [0.2, 0.25) is 0 Å². The number of carbonyl (C=O) groups excluding carboxylic acids is 2. The van der Waals surface area contributed by atoms with Crippen LogP contribution in [0.15, 0.2) is 18.2 Å². The molecule has 0 aromatic heterocycles. The molecule has 0 spiro atoms. The molecule has 1 aromatic carbocycles. The number of hydrogen-bond donors (Lipinski definition) is 3. The Hall–Kier alpha value is -2.08. The largest absolute Gasteiger partial charge is 0.395 e. The van der Waals surface area contributed by atoms with Gasteiger partial charge in [-0.05, 0) is 44.5 Å². The second-order valence-electron chi connectivity index (χ2n) is 4.61. The lowest BCUT2D eigenvalue weighted by Crippen LogP contribution is -2.37. The Labute approximate surface area is 125 Å². The first-order valence-corrected chi connectivity index (χ1v) is 7.09. The SMILES string of the molecule is CCN(CC)c1ccc(NC(=O)C(=O)NCCO)c(C)c1. The van der Waals surface area contributed by atoms with Crippen LogP contribution in [-0.4, -0.2) is 43.2 Å². The van der Waals surface area contributed by atoms with Crippen LogP contribution in [0.4, 0.5) is 11.4 Å². The number of aryl methyl sites for hydroxylation is 1. The number of aliphatic hydroxyl groups excluding tert-OH is 1. The number of amides is 2. The molecule has 6 nitrogen and oxygen atoms in total. The molecule has 0 unspecified atom stereocenters. The first-order valence-electron chi connectivity index (χ1n) is 7.09. The fraction of sp³-hybridized carbons (Fsp3) is 0.467. The molecule has 0 aliphatic carbocycles. The van der Waals surface area contributed by atoms with Gasteiger partial charge < -0.3 is 20.6 Å². The number of nitrogens with zero attached hydrogens (tertiary/aromatic N) is 1. The quantitative estimate of drug-likeness (QED) is 0.680. The number of aliphatic hydroxyl groups is 1. The zero-order valence-electron chi connectivity index (χ0n) is 12.8. The van der Waals surface area contributed by atoms with E-state index in [4.69, 9.17) is 5.11 Å². The Morgan fingerprint density at radius 1 is 1.19 bits per heavy atom. The standard InChI is InChI=1S/C15H23N3O3/c1-4-18(5-2)12-6-7-13(11(3)10-12)17-15(21)14(20)16-8-9-19/h6-7,10,19H,4-5,8-9H2,1-3H3,(H,16,20)(H,17,21). The van der Waals surface area contributed by atoms with Gasteiger partial charge in [-0.15, -0.1) is 0 Å². The topological polar surface area (TPSA) is 81.7 Å². The summed E-state index contributed by atoms with van der Waals surface area (Å²) in [4.78, 5) is 25.3. The van der Waals surface area contributed by atoms with E-state index in [2.05, 4.69) is 29.4 Å². The summed E-state index contributed by atoms with van der Waals surface area (Å²) in [5.74, 6) is -1.49. The first-order chi connectivity index (χ1) is 10.0. The van der Waals surface area contributed by atoms with Crippen molar-refractivity contribution < 1.29 is 14.7 Å². The molecule has 1 rings (SSSR count). The van der Waals surface area contributed by atoms with Gasteiger partial charge in [0.05, 0.1) is 6.61 Å². The summed E-state index contributed by atoms with van der Waals surface area (Å²) in [5, 5.41) is 13.5. The molecule has 0 saturated heterocycles. The van der Waals surface area contributed by atoms with Crippen molar-refractivity contribution in [3.8, 4) is 0 Å². The lowest BCUT2D eigenvalue weighted by atomic mass is 10.1. The average Bonchev–Trinajstić information content (AvgIpc) is 2.48. The molecule has 0 atom stereocenters. The van der Waals surface area contributed by atoms with Gasteiger partial charge in [-0.25, -0.2) is 0 Å². The normalized spacial score (nSPS) is 10.1. The van der Waals surface area contributed by atoms with Crippen LogP contribution in [0.2, 0.25) is 0 Å². The van der Waals surface area contributed by atoms with E-state index < -0.39 is 11.8 Å². The highest BCUT2D eigenvalue weighted by atomic mass is 16.3. The van der Waals surface area contributed by atoms with E-state index in [1.165, 1.54) is 0 Å². The Balaban J connectivity index is 2.77. The van der Waals surface area contributed by atoms with E-state index in [0.29, 0.717) is 5.69 Å². The summed E-state index contributed by atoms with van der Waals surface area (Å²) in [6.07, 6.45) is 0. The van der Waals surface area contributed by atoms with Gasteiger partial charge in [0.25, 0.3) is 0 Å². The molecular weight excluding hydrogens is 270 g/mol. The summed E-state index contributed by atoms with van der Waals surface area (Å²) in [7, 11) is 0. The van der Waals surface area contributed by atoms with Gasteiger partial charge in [-0.1, -0.05) is 0 Å². The second-order valence-corrected chi connectivity index (χ2v) is 4.61. The molecule has 21 heavy (non-hydrogen) atoms. The second kappa shape index (κ2) is 8.26. The van der Waals surface area contributed by atoms with Crippen molar-refractivity contribution in [3.63, 3.8) is 0 Å². The first kappa shape index (κ1) is 17.0. The molecular formula is C15H23N3O3. The monoisotopic (exact) mass is 293 g/mol. The molecule has 0 fully saturated rings. The fourth-order valence-corrected chi connectivity index (χ4v) is 2.00. The Bertz CT molecular complexity index is 499. The van der Waals surface area contributed by atoms with Crippen molar-refractivity contribution in [2.24, 2.45) is 0 Å². The van der Waals surface area contributed by atoms with Crippen molar-refractivity contribution in [1.82, 2.24) is 5.32 Å². The van der Waals surface area contributed by atoms with Crippen molar-refractivity contribution in [3.05, 3.63) is 23.8 Å².